The number of nitrogens with one attached hydrogen (secondary N) is 1. The number of hydrogen-bond donors (Lipinski definition) is 1. The van der Waals surface area contributed by atoms with E-state index in [9.17, 15) is 27.2 Å². The van der Waals surface area contributed by atoms with Gasteiger partial charge in [-0.25, -0.2) is 9.07 Å². The van der Waals surface area contributed by atoms with Gasteiger partial charge in [-0.1, -0.05) is 18.6 Å². The Labute approximate surface area is 158 Å². The van der Waals surface area contributed by atoms with E-state index in [1.54, 1.807) is 6.07 Å². The number of rotatable bonds is 3. The Morgan fingerprint density at radius 1 is 1.25 bits per heavy atom. The maximum Gasteiger partial charge on any atom is 0.391 e. The molecule has 2 aromatic rings. The van der Waals surface area contributed by atoms with Crippen molar-refractivity contribution in [3.63, 3.8) is 0 Å². The maximum atomic E-state index is 14.1. The van der Waals surface area contributed by atoms with Crippen LogP contribution in [0.3, 0.4) is 0 Å². The van der Waals surface area contributed by atoms with Gasteiger partial charge in [-0.2, -0.15) is 18.3 Å². The van der Waals surface area contributed by atoms with Gasteiger partial charge in [0.1, 0.15) is 11.5 Å². The highest BCUT2D eigenvalue weighted by Crippen LogP contribution is 2.37. The fourth-order valence-electron chi connectivity index (χ4n) is 3.44. The molecule has 1 saturated carbocycles. The lowest BCUT2D eigenvalue weighted by Crippen LogP contribution is -2.43. The molecular weight excluding hydrogens is 378 g/mol. The van der Waals surface area contributed by atoms with Crippen molar-refractivity contribution in [1.29, 1.82) is 0 Å². The molecule has 2 unspecified atom stereocenters. The molecule has 1 aromatic carbocycles. The van der Waals surface area contributed by atoms with Gasteiger partial charge in [-0.3, -0.25) is 9.59 Å². The molecule has 1 aliphatic rings. The van der Waals surface area contributed by atoms with E-state index in [-0.39, 0.29) is 18.5 Å². The van der Waals surface area contributed by atoms with Gasteiger partial charge in [0.15, 0.2) is 5.69 Å². The largest absolute Gasteiger partial charge is 0.391 e. The standard InChI is InChI=1S/C19H19F4N3O2/c1-11-9-16(27)17(25-26(11)15-8-3-2-7-14(15)20)18(28)24-13-6-4-5-12(10-13)19(21,22)23/h2-3,7-9,12-13H,4-6,10H2,1H3,(H,24,28). The summed E-state index contributed by atoms with van der Waals surface area (Å²) in [4.78, 5) is 24.7. The van der Waals surface area contributed by atoms with Crippen LogP contribution in [0.5, 0.6) is 0 Å². The summed E-state index contributed by atoms with van der Waals surface area (Å²) in [5.74, 6) is -2.93. The van der Waals surface area contributed by atoms with Crippen LogP contribution in [0.2, 0.25) is 0 Å². The average Bonchev–Trinajstić information content (AvgIpc) is 2.62. The number of aryl methyl sites for hydroxylation is 1. The summed E-state index contributed by atoms with van der Waals surface area (Å²) in [7, 11) is 0. The van der Waals surface area contributed by atoms with Crippen LogP contribution in [0.25, 0.3) is 5.69 Å². The van der Waals surface area contributed by atoms with E-state index >= 15 is 0 Å². The molecule has 1 aliphatic carbocycles. The highest BCUT2D eigenvalue weighted by molar-refractivity contribution is 5.92. The molecule has 5 nitrogen and oxygen atoms in total. The number of nitrogens with zero attached hydrogens (tertiary/aromatic N) is 2. The van der Waals surface area contributed by atoms with E-state index in [1.807, 2.05) is 0 Å². The molecule has 0 radical (unpaired) electrons. The van der Waals surface area contributed by atoms with Crippen molar-refractivity contribution in [3.05, 3.63) is 57.8 Å². The molecule has 1 N–H and O–H groups in total. The number of benzene rings is 1. The van der Waals surface area contributed by atoms with Crippen LogP contribution in [0.1, 0.15) is 41.9 Å². The Bertz CT molecular complexity index is 940. The Balaban J connectivity index is 1.85. The maximum absolute atomic E-state index is 14.1. The van der Waals surface area contributed by atoms with E-state index in [4.69, 9.17) is 0 Å². The predicted molar refractivity (Wildman–Crippen MR) is 93.8 cm³/mol. The van der Waals surface area contributed by atoms with Crippen molar-refractivity contribution in [1.82, 2.24) is 15.1 Å². The van der Waals surface area contributed by atoms with Gasteiger partial charge >= 0.3 is 6.18 Å². The fraction of sp³-hybridized carbons (Fsp3) is 0.421. The first-order valence-corrected chi connectivity index (χ1v) is 8.90. The van der Waals surface area contributed by atoms with Crippen molar-refractivity contribution in [3.8, 4) is 5.69 Å². The van der Waals surface area contributed by atoms with Gasteiger partial charge in [0.2, 0.25) is 5.43 Å². The summed E-state index contributed by atoms with van der Waals surface area (Å²) < 4.78 is 54.0. The second-order valence-corrected chi connectivity index (χ2v) is 6.94. The summed E-state index contributed by atoms with van der Waals surface area (Å²) in [6.07, 6.45) is -3.80. The van der Waals surface area contributed by atoms with Crippen molar-refractivity contribution in [2.75, 3.05) is 0 Å². The van der Waals surface area contributed by atoms with Crippen molar-refractivity contribution in [2.24, 2.45) is 5.92 Å². The lowest BCUT2D eigenvalue weighted by molar-refractivity contribution is -0.183. The Morgan fingerprint density at radius 3 is 2.64 bits per heavy atom. The molecule has 0 bridgehead atoms. The normalized spacial score (nSPS) is 20.0. The van der Waals surface area contributed by atoms with Crippen LogP contribution in [0.15, 0.2) is 35.1 Å². The van der Waals surface area contributed by atoms with Gasteiger partial charge < -0.3 is 5.32 Å². The van der Waals surface area contributed by atoms with Crippen molar-refractivity contribution in [2.45, 2.75) is 44.8 Å². The van der Waals surface area contributed by atoms with E-state index in [1.165, 1.54) is 25.1 Å². The van der Waals surface area contributed by atoms with Gasteiger partial charge in [0, 0.05) is 17.8 Å². The summed E-state index contributed by atoms with van der Waals surface area (Å²) in [6, 6.07) is 6.18. The van der Waals surface area contributed by atoms with Crippen LogP contribution < -0.4 is 10.7 Å². The topological polar surface area (TPSA) is 64.0 Å². The minimum Gasteiger partial charge on any atom is -0.348 e. The molecule has 2 atom stereocenters. The number of hydrogen-bond acceptors (Lipinski definition) is 3. The van der Waals surface area contributed by atoms with E-state index < -0.39 is 41.0 Å². The van der Waals surface area contributed by atoms with E-state index in [0.717, 1.165) is 10.7 Å². The second-order valence-electron chi connectivity index (χ2n) is 6.94. The van der Waals surface area contributed by atoms with Gasteiger partial charge in [0.05, 0.1) is 5.92 Å². The Hall–Kier alpha value is -2.71. The summed E-state index contributed by atoms with van der Waals surface area (Å²) >= 11 is 0. The minimum absolute atomic E-state index is 0.0265. The van der Waals surface area contributed by atoms with Gasteiger partial charge in [-0.05, 0) is 38.3 Å². The Morgan fingerprint density at radius 2 is 1.96 bits per heavy atom. The van der Waals surface area contributed by atoms with Crippen LogP contribution in [-0.2, 0) is 0 Å². The lowest BCUT2D eigenvalue weighted by Gasteiger charge is -2.30. The molecule has 28 heavy (non-hydrogen) atoms. The number of aromatic nitrogens is 2. The molecule has 0 aliphatic heterocycles. The molecular formula is C19H19F4N3O2. The van der Waals surface area contributed by atoms with Crippen LogP contribution in [0.4, 0.5) is 17.6 Å². The predicted octanol–water partition coefficient (Wildman–Crippen LogP) is 3.53. The third kappa shape index (κ3) is 4.23. The summed E-state index contributed by atoms with van der Waals surface area (Å²) in [5.41, 5.74) is -0.779. The van der Waals surface area contributed by atoms with E-state index in [0.29, 0.717) is 18.5 Å². The third-order valence-corrected chi connectivity index (χ3v) is 4.88. The van der Waals surface area contributed by atoms with Gasteiger partial charge in [-0.15, -0.1) is 0 Å². The smallest absolute Gasteiger partial charge is 0.348 e. The lowest BCUT2D eigenvalue weighted by atomic mass is 9.85. The molecule has 9 heteroatoms. The third-order valence-electron chi connectivity index (χ3n) is 4.88. The number of amides is 1. The van der Waals surface area contributed by atoms with E-state index in [2.05, 4.69) is 10.4 Å². The van der Waals surface area contributed by atoms with Crippen molar-refractivity contribution < 1.29 is 22.4 Å². The minimum atomic E-state index is -4.32. The molecule has 0 spiro atoms. The summed E-state index contributed by atoms with van der Waals surface area (Å²) in [6.45, 7) is 1.54. The first-order chi connectivity index (χ1) is 13.2. The van der Waals surface area contributed by atoms with Crippen molar-refractivity contribution >= 4 is 5.91 Å². The average molecular weight is 397 g/mol. The number of alkyl halides is 3. The zero-order chi connectivity index (χ0) is 20.5. The molecule has 3 rings (SSSR count). The molecule has 150 valence electrons. The monoisotopic (exact) mass is 397 g/mol. The van der Waals surface area contributed by atoms with Crippen LogP contribution >= 0.6 is 0 Å². The summed E-state index contributed by atoms with van der Waals surface area (Å²) in [5, 5.41) is 6.45. The zero-order valence-corrected chi connectivity index (χ0v) is 15.1. The number of para-hydroxylation sites is 1. The van der Waals surface area contributed by atoms with Crippen LogP contribution in [-0.4, -0.2) is 27.9 Å². The molecule has 1 fully saturated rings. The number of halogens is 4. The quantitative estimate of drug-likeness (QED) is 0.806. The van der Waals surface area contributed by atoms with Gasteiger partial charge in [0.25, 0.3) is 5.91 Å². The molecule has 1 amide bonds. The molecule has 1 aromatic heterocycles. The molecule has 0 saturated heterocycles. The highest BCUT2D eigenvalue weighted by Gasteiger charge is 2.42. The number of carbonyl (C=O) groups excluding carboxylic acids is 1. The SMILES string of the molecule is Cc1cc(=O)c(C(=O)NC2CCCC(C(F)(F)F)C2)nn1-c1ccccc1F. The fourth-order valence-corrected chi connectivity index (χ4v) is 3.44. The number of carbonyl (C=O) groups is 1. The Kier molecular flexibility index (Phi) is 5.53. The second kappa shape index (κ2) is 7.73. The zero-order valence-electron chi connectivity index (χ0n) is 15.1. The first kappa shape index (κ1) is 20.0. The first-order valence-electron chi connectivity index (χ1n) is 8.90. The molecule has 1 heterocycles. The van der Waals surface area contributed by atoms with Crippen LogP contribution in [0, 0.1) is 18.7 Å². The highest BCUT2D eigenvalue weighted by atomic mass is 19.4.